The molecule has 25 heavy (non-hydrogen) atoms. The summed E-state index contributed by atoms with van der Waals surface area (Å²) in [5, 5.41) is 12.3. The largest absolute Gasteiger partial charge is 0.491 e. The molecule has 0 saturated carbocycles. The van der Waals surface area contributed by atoms with E-state index in [2.05, 4.69) is 15.5 Å². The Labute approximate surface area is 150 Å². The quantitative estimate of drug-likeness (QED) is 0.722. The Kier molecular flexibility index (Phi) is 5.40. The number of benzene rings is 2. The average molecular weight is 353 g/mol. The fraction of sp³-hybridized carbons (Fsp3) is 0.211. The lowest BCUT2D eigenvalue weighted by Gasteiger charge is -2.10. The molecule has 3 rings (SSSR count). The molecular formula is C19H19N3O2S. The van der Waals surface area contributed by atoms with E-state index in [1.54, 1.807) is 0 Å². The van der Waals surface area contributed by atoms with E-state index in [9.17, 15) is 4.79 Å². The molecule has 128 valence electrons. The SMILES string of the molecule is CC(C)Oc1cccc(CC(=O)Nc2nnc(-c3ccccc3)s2)c1. The van der Waals surface area contributed by atoms with Crippen molar-refractivity contribution >= 4 is 22.4 Å². The van der Waals surface area contributed by atoms with Crippen LogP contribution in [0.5, 0.6) is 5.75 Å². The number of hydrogen-bond donors (Lipinski definition) is 1. The van der Waals surface area contributed by atoms with Gasteiger partial charge in [-0.3, -0.25) is 4.79 Å². The zero-order valence-corrected chi connectivity index (χ0v) is 14.9. The van der Waals surface area contributed by atoms with Crippen LogP contribution in [0, 0.1) is 0 Å². The summed E-state index contributed by atoms with van der Waals surface area (Å²) in [5.74, 6) is 0.639. The van der Waals surface area contributed by atoms with Gasteiger partial charge in [0.1, 0.15) is 10.8 Å². The van der Waals surface area contributed by atoms with Gasteiger partial charge in [0.15, 0.2) is 0 Å². The second-order valence-corrected chi connectivity index (χ2v) is 6.79. The predicted molar refractivity (Wildman–Crippen MR) is 99.9 cm³/mol. The van der Waals surface area contributed by atoms with Gasteiger partial charge in [-0.1, -0.05) is 53.8 Å². The minimum atomic E-state index is -0.127. The molecule has 1 aromatic heterocycles. The number of hydrogen-bond acceptors (Lipinski definition) is 5. The van der Waals surface area contributed by atoms with E-state index in [1.165, 1.54) is 11.3 Å². The molecule has 6 heteroatoms. The van der Waals surface area contributed by atoms with Gasteiger partial charge >= 0.3 is 0 Å². The summed E-state index contributed by atoms with van der Waals surface area (Å²) in [6, 6.07) is 17.3. The summed E-state index contributed by atoms with van der Waals surface area (Å²) in [6.07, 6.45) is 0.358. The first-order valence-electron chi connectivity index (χ1n) is 8.04. The van der Waals surface area contributed by atoms with Crippen LogP contribution in [0.15, 0.2) is 54.6 Å². The first-order valence-corrected chi connectivity index (χ1v) is 8.86. The molecule has 0 unspecified atom stereocenters. The zero-order chi connectivity index (χ0) is 17.6. The Hall–Kier alpha value is -2.73. The third kappa shape index (κ3) is 4.87. The Morgan fingerprint density at radius 1 is 1.12 bits per heavy atom. The normalized spacial score (nSPS) is 10.7. The van der Waals surface area contributed by atoms with Crippen LogP contribution in [0.3, 0.4) is 0 Å². The Balaban J connectivity index is 1.62. The lowest BCUT2D eigenvalue weighted by molar-refractivity contribution is -0.115. The fourth-order valence-corrected chi connectivity index (χ4v) is 3.09. The molecule has 0 aliphatic heterocycles. The number of nitrogens with zero attached hydrogens (tertiary/aromatic N) is 2. The van der Waals surface area contributed by atoms with Crippen LogP contribution in [0.4, 0.5) is 5.13 Å². The molecule has 0 saturated heterocycles. The van der Waals surface area contributed by atoms with Crippen LogP contribution in [0.25, 0.3) is 10.6 Å². The van der Waals surface area contributed by atoms with Gasteiger partial charge in [-0.2, -0.15) is 0 Å². The average Bonchev–Trinajstić information content (AvgIpc) is 3.03. The molecule has 0 bridgehead atoms. The fourth-order valence-electron chi connectivity index (χ4n) is 2.32. The number of ether oxygens (including phenoxy) is 1. The van der Waals surface area contributed by atoms with Gasteiger partial charge in [0, 0.05) is 5.56 Å². The van der Waals surface area contributed by atoms with Crippen molar-refractivity contribution in [2.24, 2.45) is 0 Å². The Morgan fingerprint density at radius 3 is 2.68 bits per heavy atom. The van der Waals surface area contributed by atoms with Crippen LogP contribution >= 0.6 is 11.3 Å². The van der Waals surface area contributed by atoms with Gasteiger partial charge < -0.3 is 10.1 Å². The second-order valence-electron chi connectivity index (χ2n) is 5.82. The van der Waals surface area contributed by atoms with Gasteiger partial charge in [0.05, 0.1) is 12.5 Å². The molecule has 0 radical (unpaired) electrons. The number of nitrogens with one attached hydrogen (secondary N) is 1. The summed E-state index contributed by atoms with van der Waals surface area (Å²) in [5.41, 5.74) is 1.88. The minimum Gasteiger partial charge on any atom is -0.491 e. The lowest BCUT2D eigenvalue weighted by Crippen LogP contribution is -2.14. The molecule has 0 aliphatic rings. The monoisotopic (exact) mass is 353 g/mol. The van der Waals surface area contributed by atoms with Crippen LogP contribution in [-0.2, 0) is 11.2 Å². The highest BCUT2D eigenvalue weighted by Gasteiger charge is 2.10. The van der Waals surface area contributed by atoms with Crippen molar-refractivity contribution in [3.05, 3.63) is 60.2 Å². The van der Waals surface area contributed by atoms with Crippen molar-refractivity contribution in [1.29, 1.82) is 0 Å². The topological polar surface area (TPSA) is 64.1 Å². The van der Waals surface area contributed by atoms with Crippen molar-refractivity contribution in [3.8, 4) is 16.3 Å². The number of carbonyl (C=O) groups excluding carboxylic acids is 1. The van der Waals surface area contributed by atoms with Crippen molar-refractivity contribution in [1.82, 2.24) is 10.2 Å². The van der Waals surface area contributed by atoms with E-state index in [0.717, 1.165) is 21.9 Å². The number of anilines is 1. The maximum absolute atomic E-state index is 12.2. The van der Waals surface area contributed by atoms with Crippen molar-refractivity contribution in [2.75, 3.05) is 5.32 Å². The number of amides is 1. The highest BCUT2D eigenvalue weighted by Crippen LogP contribution is 2.26. The summed E-state index contributed by atoms with van der Waals surface area (Å²) < 4.78 is 5.66. The second kappa shape index (κ2) is 7.90. The maximum Gasteiger partial charge on any atom is 0.230 e. The maximum atomic E-state index is 12.2. The molecule has 1 heterocycles. The van der Waals surface area contributed by atoms with E-state index in [0.29, 0.717) is 5.13 Å². The Bertz CT molecular complexity index is 847. The number of aromatic nitrogens is 2. The first-order chi connectivity index (χ1) is 12.1. The van der Waals surface area contributed by atoms with Gasteiger partial charge in [0.25, 0.3) is 0 Å². The van der Waals surface area contributed by atoms with Crippen LogP contribution < -0.4 is 10.1 Å². The molecule has 0 spiro atoms. The third-order valence-electron chi connectivity index (χ3n) is 3.33. The number of rotatable bonds is 6. The van der Waals surface area contributed by atoms with E-state index in [4.69, 9.17) is 4.74 Å². The summed E-state index contributed by atoms with van der Waals surface area (Å²) in [7, 11) is 0. The molecule has 0 fully saturated rings. The van der Waals surface area contributed by atoms with Gasteiger partial charge in [-0.05, 0) is 31.5 Å². The van der Waals surface area contributed by atoms with Crippen molar-refractivity contribution < 1.29 is 9.53 Å². The van der Waals surface area contributed by atoms with Gasteiger partial charge in [-0.15, -0.1) is 10.2 Å². The predicted octanol–water partition coefficient (Wildman–Crippen LogP) is 4.17. The summed E-state index contributed by atoms with van der Waals surface area (Å²) in [4.78, 5) is 12.2. The number of carbonyl (C=O) groups is 1. The zero-order valence-electron chi connectivity index (χ0n) is 14.1. The molecule has 2 aromatic carbocycles. The van der Waals surface area contributed by atoms with Crippen molar-refractivity contribution in [3.63, 3.8) is 0 Å². The van der Waals surface area contributed by atoms with E-state index >= 15 is 0 Å². The molecule has 1 N–H and O–H groups in total. The molecule has 3 aromatic rings. The molecular weight excluding hydrogens is 334 g/mol. The smallest absolute Gasteiger partial charge is 0.230 e. The molecule has 0 atom stereocenters. The van der Waals surface area contributed by atoms with Crippen LogP contribution in [0.2, 0.25) is 0 Å². The highest BCUT2D eigenvalue weighted by atomic mass is 32.1. The molecule has 0 aliphatic carbocycles. The lowest BCUT2D eigenvalue weighted by atomic mass is 10.1. The van der Waals surface area contributed by atoms with Crippen molar-refractivity contribution in [2.45, 2.75) is 26.4 Å². The van der Waals surface area contributed by atoms with Gasteiger partial charge in [-0.25, -0.2) is 0 Å². The minimum absolute atomic E-state index is 0.0990. The van der Waals surface area contributed by atoms with E-state index < -0.39 is 0 Å². The molecule has 5 nitrogen and oxygen atoms in total. The highest BCUT2D eigenvalue weighted by molar-refractivity contribution is 7.18. The van der Waals surface area contributed by atoms with E-state index in [-0.39, 0.29) is 18.4 Å². The van der Waals surface area contributed by atoms with E-state index in [1.807, 2.05) is 68.4 Å². The summed E-state index contributed by atoms with van der Waals surface area (Å²) >= 11 is 1.36. The van der Waals surface area contributed by atoms with Crippen LogP contribution in [-0.4, -0.2) is 22.2 Å². The van der Waals surface area contributed by atoms with Crippen LogP contribution in [0.1, 0.15) is 19.4 Å². The van der Waals surface area contributed by atoms with Gasteiger partial charge in [0.2, 0.25) is 11.0 Å². The standard InChI is InChI=1S/C19H19N3O2S/c1-13(2)24-16-10-6-7-14(11-16)12-17(23)20-19-22-21-18(25-19)15-8-4-3-5-9-15/h3-11,13H,12H2,1-2H3,(H,20,22,23). The first kappa shape index (κ1) is 17.1. The third-order valence-corrected chi connectivity index (χ3v) is 4.21. The molecule has 1 amide bonds. The Morgan fingerprint density at radius 2 is 1.92 bits per heavy atom. The summed E-state index contributed by atoms with van der Waals surface area (Å²) in [6.45, 7) is 3.94.